The van der Waals surface area contributed by atoms with Gasteiger partial charge in [0, 0.05) is 38.1 Å². The molecule has 6 atom stereocenters. The van der Waals surface area contributed by atoms with Crippen molar-refractivity contribution >= 4 is 11.5 Å². The molecule has 4 aliphatic heterocycles. The number of rotatable bonds is 11. The average Bonchev–Trinajstić information content (AvgIpc) is 3.62. The third kappa shape index (κ3) is 7.34. The Morgan fingerprint density at radius 1 is 1.17 bits per heavy atom. The van der Waals surface area contributed by atoms with Crippen molar-refractivity contribution in [3.8, 4) is 29.1 Å². The second kappa shape index (κ2) is 14.6. The summed E-state index contributed by atoms with van der Waals surface area (Å²) in [5.41, 5.74) is 13.8. The molecule has 0 saturated heterocycles. The number of hydrogen-bond acceptors (Lipinski definition) is 10. The molecule has 0 aromatic heterocycles. The van der Waals surface area contributed by atoms with Gasteiger partial charge in [-0.1, -0.05) is 37.3 Å². The summed E-state index contributed by atoms with van der Waals surface area (Å²) in [7, 11) is 0. The molecule has 4 aliphatic rings. The third-order valence-electron chi connectivity index (χ3n) is 9.65. The summed E-state index contributed by atoms with van der Waals surface area (Å²) in [6.07, 6.45) is 3.81. The van der Waals surface area contributed by atoms with E-state index >= 15 is 0 Å². The molecule has 2 bridgehead atoms. The van der Waals surface area contributed by atoms with Gasteiger partial charge in [-0.2, -0.15) is 0 Å². The fraction of sp³-hybridized carbons (Fsp3) is 0.459. The van der Waals surface area contributed by atoms with Crippen LogP contribution in [-0.4, -0.2) is 68.6 Å². The first-order valence-electron chi connectivity index (χ1n) is 16.8. The highest BCUT2D eigenvalue weighted by atomic mass is 16.5. The van der Waals surface area contributed by atoms with Crippen LogP contribution in [0.2, 0.25) is 0 Å². The van der Waals surface area contributed by atoms with E-state index in [1.54, 1.807) is 0 Å². The van der Waals surface area contributed by atoms with Gasteiger partial charge in [0.1, 0.15) is 42.5 Å². The summed E-state index contributed by atoms with van der Waals surface area (Å²) in [6, 6.07) is 6.61. The fourth-order valence-electron chi connectivity index (χ4n) is 7.12. The minimum Gasteiger partial charge on any atom is -0.508 e. The lowest BCUT2D eigenvalue weighted by atomic mass is 9.84. The molecule has 4 heterocycles. The van der Waals surface area contributed by atoms with Crippen molar-refractivity contribution in [1.82, 2.24) is 5.32 Å². The van der Waals surface area contributed by atoms with Crippen molar-refractivity contribution in [3.63, 3.8) is 0 Å². The van der Waals surface area contributed by atoms with Gasteiger partial charge >= 0.3 is 0 Å². The van der Waals surface area contributed by atoms with Crippen LogP contribution in [0.1, 0.15) is 85.5 Å². The maximum Gasteiger partial charge on any atom is 0.247 e. The molecule has 0 saturated carbocycles. The maximum atomic E-state index is 12.6. The largest absolute Gasteiger partial charge is 0.508 e. The molecule has 6 rings (SSSR count). The number of fused-ring (bicyclic) bond motifs is 4. The summed E-state index contributed by atoms with van der Waals surface area (Å²) in [5, 5.41) is 56.1. The molecule has 9 N–H and O–H groups in total. The van der Waals surface area contributed by atoms with Gasteiger partial charge < -0.3 is 36.0 Å². The fourth-order valence-corrected chi connectivity index (χ4v) is 7.12. The van der Waals surface area contributed by atoms with Crippen molar-refractivity contribution < 1.29 is 40.0 Å². The zero-order valence-corrected chi connectivity index (χ0v) is 27.2. The van der Waals surface area contributed by atoms with Crippen molar-refractivity contribution in [3.05, 3.63) is 75.6 Å². The number of carbonyl (C=O) groups is 1. The zero-order valence-electron chi connectivity index (χ0n) is 27.2. The van der Waals surface area contributed by atoms with Gasteiger partial charge in [0.2, 0.25) is 6.23 Å². The van der Waals surface area contributed by atoms with E-state index in [1.165, 1.54) is 12.1 Å². The standard InChI is InChI=1S/C37H44N4O7/c1-2-4-23(42)15-25(44)16-24(43)8-7-21-14-35(34(47)17-33(21)46)48-36-6-3-5-32(45)27-9-10-28-26(11-12-39-37(28)38)29(27)13-22-18-40-31-20-41(36)19-30(22)31/h9-10,14,17-19,23,25,32,36-37,39,42,44-47H,2,4,6-8,11-13,15-16,20,38H2,1H3/p+1. The normalized spacial score (nSPS) is 24.0. The highest BCUT2D eigenvalue weighted by Gasteiger charge is 2.37. The molecule has 0 aliphatic carbocycles. The molecule has 0 amide bonds. The Bertz CT molecular complexity index is 1720. The summed E-state index contributed by atoms with van der Waals surface area (Å²) in [5.74, 6) is 5.66. The smallest absolute Gasteiger partial charge is 0.247 e. The van der Waals surface area contributed by atoms with Gasteiger partial charge in [-0.25, -0.2) is 0 Å². The van der Waals surface area contributed by atoms with Crippen LogP contribution in [0.15, 0.2) is 52.8 Å². The SMILES string of the molecule is CCCC(O)CC(O)CC(=O)CCc1cc(OC2CC#CC(O)c3ccc4c(c3CC3=CN=C5C[NH+]2C=C35)CCNC4N)c(O)cc1O. The molecule has 0 radical (unpaired) electrons. The number of quaternary nitrogens is 1. The van der Waals surface area contributed by atoms with Crippen LogP contribution < -0.4 is 20.7 Å². The number of carbonyl (C=O) groups excluding carboxylic acids is 1. The van der Waals surface area contributed by atoms with Crippen LogP contribution in [-0.2, 0) is 24.1 Å². The number of nitrogens with one attached hydrogen (secondary N) is 2. The van der Waals surface area contributed by atoms with Crippen LogP contribution in [0.4, 0.5) is 0 Å². The number of phenolic OH excluding ortho intramolecular Hbond substituents is 2. The lowest BCUT2D eigenvalue weighted by Gasteiger charge is -2.28. The molecule has 2 aromatic carbocycles. The Balaban J connectivity index is 1.21. The van der Waals surface area contributed by atoms with Crippen molar-refractivity contribution in [2.45, 2.75) is 95.4 Å². The van der Waals surface area contributed by atoms with E-state index in [4.69, 9.17) is 15.5 Å². The summed E-state index contributed by atoms with van der Waals surface area (Å²) in [4.78, 5) is 18.3. The van der Waals surface area contributed by atoms with Gasteiger partial charge in [-0.05, 0) is 65.1 Å². The molecule has 11 nitrogen and oxygen atoms in total. The van der Waals surface area contributed by atoms with Crippen LogP contribution in [0, 0.1) is 11.8 Å². The first kappa shape index (κ1) is 33.9. The Morgan fingerprint density at radius 2 is 1.98 bits per heavy atom. The number of hydrogen-bond donors (Lipinski definition) is 8. The van der Waals surface area contributed by atoms with Crippen LogP contribution in [0.3, 0.4) is 0 Å². The quantitative estimate of drug-likeness (QED) is 0.166. The minimum atomic E-state index is -1.02. The lowest BCUT2D eigenvalue weighted by molar-refractivity contribution is -0.882. The first-order chi connectivity index (χ1) is 23.1. The molecule has 48 heavy (non-hydrogen) atoms. The van der Waals surface area contributed by atoms with E-state index in [0.29, 0.717) is 24.9 Å². The number of phenols is 2. The summed E-state index contributed by atoms with van der Waals surface area (Å²) >= 11 is 0. The number of ether oxygens (including phenoxy) is 1. The number of aliphatic imine (C=N–C) groups is 1. The predicted octanol–water partition coefficient (Wildman–Crippen LogP) is 1.51. The Hall–Kier alpha value is -4.02. The van der Waals surface area contributed by atoms with E-state index in [1.807, 2.05) is 25.3 Å². The molecular formula is C37H45N4O7+. The number of ketones is 1. The number of Topliss-reactive ketones (excluding diaryl/α,β-unsaturated/α-hetero) is 1. The highest BCUT2D eigenvalue weighted by molar-refractivity contribution is 6.08. The van der Waals surface area contributed by atoms with Crippen LogP contribution in [0.5, 0.6) is 17.2 Å². The average molecular weight is 658 g/mol. The topological polar surface area (TPSA) is 182 Å². The number of aliphatic hydroxyl groups excluding tert-OH is 3. The Morgan fingerprint density at radius 3 is 2.79 bits per heavy atom. The van der Waals surface area contributed by atoms with E-state index in [9.17, 15) is 30.3 Å². The number of allylic oxidation sites excluding steroid dienone is 1. The molecule has 0 fully saturated rings. The van der Waals surface area contributed by atoms with Gasteiger partial charge in [0.05, 0.1) is 23.9 Å². The minimum absolute atomic E-state index is 0.0665. The number of aromatic hydroxyl groups is 2. The van der Waals surface area contributed by atoms with Crippen molar-refractivity contribution in [2.24, 2.45) is 10.7 Å². The predicted molar refractivity (Wildman–Crippen MR) is 179 cm³/mol. The number of nitrogens with two attached hydrogens (primary N) is 1. The number of benzene rings is 2. The highest BCUT2D eigenvalue weighted by Crippen LogP contribution is 2.36. The monoisotopic (exact) mass is 657 g/mol. The maximum absolute atomic E-state index is 12.6. The molecule has 2 aromatic rings. The molecule has 6 unspecified atom stereocenters. The van der Waals surface area contributed by atoms with E-state index in [-0.39, 0.29) is 61.3 Å². The van der Waals surface area contributed by atoms with Crippen LogP contribution >= 0.6 is 0 Å². The molecule has 0 spiro atoms. The van der Waals surface area contributed by atoms with Gasteiger partial charge in [0.25, 0.3) is 0 Å². The first-order valence-corrected chi connectivity index (χ1v) is 16.8. The van der Waals surface area contributed by atoms with Gasteiger partial charge in [0.15, 0.2) is 11.5 Å². The number of aliphatic hydroxyl groups is 3. The molecule has 254 valence electrons. The molecule has 11 heteroatoms. The van der Waals surface area contributed by atoms with Crippen LogP contribution in [0.25, 0.3) is 0 Å². The Kier molecular flexibility index (Phi) is 10.3. The van der Waals surface area contributed by atoms with Gasteiger partial charge in [-0.3, -0.25) is 20.0 Å². The van der Waals surface area contributed by atoms with Gasteiger partial charge in [-0.15, -0.1) is 0 Å². The van der Waals surface area contributed by atoms with E-state index in [0.717, 1.165) is 63.4 Å². The second-order valence-electron chi connectivity index (χ2n) is 13.2. The summed E-state index contributed by atoms with van der Waals surface area (Å²) < 4.78 is 6.38. The van der Waals surface area contributed by atoms with Crippen molar-refractivity contribution in [2.75, 3.05) is 13.1 Å². The number of nitrogens with zero attached hydrogens (tertiary/aromatic N) is 1. The zero-order chi connectivity index (χ0) is 33.9. The third-order valence-corrected chi connectivity index (χ3v) is 9.65. The Labute approximate surface area is 280 Å². The number of aryl methyl sites for hydroxylation is 1. The molecular weight excluding hydrogens is 612 g/mol. The second-order valence-corrected chi connectivity index (χ2v) is 13.2. The lowest BCUT2D eigenvalue weighted by Crippen LogP contribution is -3.12. The van der Waals surface area contributed by atoms with Crippen molar-refractivity contribution in [1.29, 1.82) is 0 Å². The summed E-state index contributed by atoms with van der Waals surface area (Å²) in [6.45, 7) is 3.25. The van der Waals surface area contributed by atoms with E-state index < -0.39 is 24.5 Å². The van der Waals surface area contributed by atoms with E-state index in [2.05, 4.69) is 23.4 Å².